The number of carbonyl (C=O) groups excluding carboxylic acids is 2. The summed E-state index contributed by atoms with van der Waals surface area (Å²) in [6.45, 7) is 1.49. The number of benzene rings is 1. The lowest BCUT2D eigenvalue weighted by atomic mass is 9.86. The summed E-state index contributed by atoms with van der Waals surface area (Å²) in [6.07, 6.45) is 4.40. The first-order valence-corrected chi connectivity index (χ1v) is 8.74. The van der Waals surface area contributed by atoms with Crippen LogP contribution >= 0.6 is 23.2 Å². The van der Waals surface area contributed by atoms with Gasteiger partial charge in [0.2, 0.25) is 0 Å². The fourth-order valence-electron chi connectivity index (χ4n) is 2.70. The van der Waals surface area contributed by atoms with Crippen molar-refractivity contribution in [3.63, 3.8) is 0 Å². The van der Waals surface area contributed by atoms with E-state index in [-0.39, 0.29) is 25.2 Å². The first-order chi connectivity index (χ1) is 11.5. The Hall–Kier alpha value is -1.46. The van der Waals surface area contributed by atoms with Gasteiger partial charge < -0.3 is 14.8 Å². The van der Waals surface area contributed by atoms with E-state index in [0.29, 0.717) is 21.7 Å². The van der Waals surface area contributed by atoms with E-state index in [1.54, 1.807) is 12.1 Å². The Morgan fingerprint density at radius 2 is 1.96 bits per heavy atom. The number of carbonyl (C=O) groups is 2. The Bertz CT molecular complexity index is 594. The van der Waals surface area contributed by atoms with E-state index in [0.717, 1.165) is 19.3 Å². The fraction of sp³-hybridized carbons (Fsp3) is 0.529. The van der Waals surface area contributed by atoms with Crippen LogP contribution in [-0.2, 0) is 14.3 Å². The monoisotopic (exact) mass is 373 g/mol. The van der Waals surface area contributed by atoms with Gasteiger partial charge in [0.25, 0.3) is 5.91 Å². The molecule has 1 aromatic rings. The van der Waals surface area contributed by atoms with Gasteiger partial charge in [-0.05, 0) is 37.0 Å². The number of halogens is 2. The molecule has 0 aromatic heterocycles. The second kappa shape index (κ2) is 9.14. The molecule has 132 valence electrons. The predicted octanol–water partition coefficient (Wildman–Crippen LogP) is 3.61. The van der Waals surface area contributed by atoms with Crippen LogP contribution in [0.3, 0.4) is 0 Å². The van der Waals surface area contributed by atoms with E-state index in [1.807, 2.05) is 0 Å². The normalized spacial score (nSPS) is 20.3. The van der Waals surface area contributed by atoms with Gasteiger partial charge in [0, 0.05) is 11.1 Å². The molecule has 0 unspecified atom stereocenters. The summed E-state index contributed by atoms with van der Waals surface area (Å²) in [5, 5.41) is 3.70. The molecule has 1 amide bonds. The van der Waals surface area contributed by atoms with Gasteiger partial charge in [-0.1, -0.05) is 43.0 Å². The average Bonchev–Trinajstić information content (AvgIpc) is 2.54. The van der Waals surface area contributed by atoms with Crippen LogP contribution in [0, 0.1) is 5.92 Å². The maximum atomic E-state index is 11.9. The fourth-order valence-corrected chi connectivity index (χ4v) is 3.16. The number of nitrogens with one attached hydrogen (secondary N) is 1. The molecule has 1 saturated carbocycles. The molecule has 1 aliphatic rings. The van der Waals surface area contributed by atoms with E-state index in [1.165, 1.54) is 12.5 Å². The van der Waals surface area contributed by atoms with E-state index < -0.39 is 5.97 Å². The lowest BCUT2D eigenvalue weighted by Gasteiger charge is -2.29. The molecular weight excluding hydrogens is 353 g/mol. The maximum absolute atomic E-state index is 11.9. The second-order valence-electron chi connectivity index (χ2n) is 5.96. The lowest BCUT2D eigenvalue weighted by Crippen LogP contribution is -2.43. The van der Waals surface area contributed by atoms with Crippen LogP contribution in [0.25, 0.3) is 0 Å². The minimum Gasteiger partial charge on any atom is -0.480 e. The molecule has 24 heavy (non-hydrogen) atoms. The van der Waals surface area contributed by atoms with Crippen molar-refractivity contribution in [2.75, 3.05) is 13.2 Å². The van der Waals surface area contributed by atoms with Crippen molar-refractivity contribution in [3.8, 4) is 5.75 Å². The summed E-state index contributed by atoms with van der Waals surface area (Å²) in [5.74, 6) is -0.133. The predicted molar refractivity (Wildman–Crippen MR) is 92.5 cm³/mol. The first kappa shape index (κ1) is 18.9. The van der Waals surface area contributed by atoms with Crippen molar-refractivity contribution in [2.45, 2.75) is 38.6 Å². The van der Waals surface area contributed by atoms with Crippen LogP contribution in [0.1, 0.15) is 32.6 Å². The summed E-state index contributed by atoms with van der Waals surface area (Å²) in [7, 11) is 0. The maximum Gasteiger partial charge on any atom is 0.344 e. The summed E-state index contributed by atoms with van der Waals surface area (Å²) in [4.78, 5) is 23.5. The van der Waals surface area contributed by atoms with Gasteiger partial charge in [-0.2, -0.15) is 0 Å². The molecule has 7 heteroatoms. The van der Waals surface area contributed by atoms with Gasteiger partial charge in [0.05, 0.1) is 5.02 Å². The molecule has 0 saturated heterocycles. The third kappa shape index (κ3) is 5.87. The minimum atomic E-state index is -0.632. The molecule has 5 nitrogen and oxygen atoms in total. The highest BCUT2D eigenvalue weighted by Gasteiger charge is 2.23. The number of rotatable bonds is 6. The Morgan fingerprint density at radius 3 is 2.67 bits per heavy atom. The van der Waals surface area contributed by atoms with E-state index in [2.05, 4.69) is 12.2 Å². The molecule has 1 fully saturated rings. The third-order valence-corrected chi connectivity index (χ3v) is 4.59. The smallest absolute Gasteiger partial charge is 0.344 e. The van der Waals surface area contributed by atoms with Gasteiger partial charge in [0.15, 0.2) is 13.2 Å². The van der Waals surface area contributed by atoms with Crippen molar-refractivity contribution in [3.05, 3.63) is 28.2 Å². The topological polar surface area (TPSA) is 64.6 Å². The molecule has 0 aliphatic heterocycles. The van der Waals surface area contributed by atoms with Crippen LogP contribution in [-0.4, -0.2) is 31.1 Å². The molecule has 0 spiro atoms. The number of hydrogen-bond donors (Lipinski definition) is 1. The molecule has 2 atom stereocenters. The van der Waals surface area contributed by atoms with Gasteiger partial charge in [-0.25, -0.2) is 4.79 Å². The number of amides is 1. The van der Waals surface area contributed by atoms with Crippen molar-refractivity contribution in [2.24, 2.45) is 5.92 Å². The molecule has 1 N–H and O–H groups in total. The van der Waals surface area contributed by atoms with E-state index >= 15 is 0 Å². The van der Waals surface area contributed by atoms with Crippen LogP contribution in [0.2, 0.25) is 10.0 Å². The quantitative estimate of drug-likeness (QED) is 0.773. The second-order valence-corrected chi connectivity index (χ2v) is 6.80. The zero-order valence-electron chi connectivity index (χ0n) is 13.5. The molecule has 1 aliphatic carbocycles. The Morgan fingerprint density at radius 1 is 1.21 bits per heavy atom. The van der Waals surface area contributed by atoms with Gasteiger partial charge in [-0.3, -0.25) is 4.79 Å². The number of hydrogen-bond acceptors (Lipinski definition) is 4. The molecule has 0 bridgehead atoms. The van der Waals surface area contributed by atoms with Gasteiger partial charge >= 0.3 is 5.97 Å². The Labute approximate surface area is 151 Å². The Kier molecular flexibility index (Phi) is 7.18. The molecule has 2 rings (SSSR count). The van der Waals surface area contributed by atoms with E-state index in [9.17, 15) is 9.59 Å². The van der Waals surface area contributed by atoms with Gasteiger partial charge in [-0.15, -0.1) is 0 Å². The molecule has 0 radical (unpaired) electrons. The third-order valence-electron chi connectivity index (χ3n) is 4.06. The standard InChI is InChI=1S/C17H21Cl2NO4/c1-11-4-2-3-5-14(11)20-16(21)9-24-17(22)10-23-15-7-6-12(18)8-13(15)19/h6-8,11,14H,2-5,9-10H2,1H3,(H,20,21)/t11-,14-/m0/s1. The molecule has 1 aromatic carbocycles. The van der Waals surface area contributed by atoms with Crippen molar-refractivity contribution >= 4 is 35.1 Å². The Balaban J connectivity index is 1.69. The van der Waals surface area contributed by atoms with Crippen molar-refractivity contribution in [1.82, 2.24) is 5.32 Å². The van der Waals surface area contributed by atoms with Crippen molar-refractivity contribution in [1.29, 1.82) is 0 Å². The largest absolute Gasteiger partial charge is 0.480 e. The minimum absolute atomic E-state index is 0.161. The SMILES string of the molecule is C[C@H]1CCCC[C@@H]1NC(=O)COC(=O)COc1ccc(Cl)cc1Cl. The summed E-state index contributed by atoms with van der Waals surface area (Å²) in [6, 6.07) is 4.85. The molecule has 0 heterocycles. The van der Waals surface area contributed by atoms with Crippen LogP contribution in [0.5, 0.6) is 5.75 Å². The van der Waals surface area contributed by atoms with Gasteiger partial charge in [0.1, 0.15) is 5.75 Å². The van der Waals surface area contributed by atoms with E-state index in [4.69, 9.17) is 32.7 Å². The highest BCUT2D eigenvalue weighted by molar-refractivity contribution is 6.35. The summed E-state index contributed by atoms with van der Waals surface area (Å²) in [5.41, 5.74) is 0. The highest BCUT2D eigenvalue weighted by atomic mass is 35.5. The summed E-state index contributed by atoms with van der Waals surface area (Å²) < 4.78 is 10.2. The van der Waals surface area contributed by atoms with Crippen LogP contribution in [0.4, 0.5) is 0 Å². The van der Waals surface area contributed by atoms with Crippen molar-refractivity contribution < 1.29 is 19.1 Å². The first-order valence-electron chi connectivity index (χ1n) is 7.98. The zero-order chi connectivity index (χ0) is 17.5. The van der Waals surface area contributed by atoms with Crippen LogP contribution in [0.15, 0.2) is 18.2 Å². The highest BCUT2D eigenvalue weighted by Crippen LogP contribution is 2.27. The summed E-state index contributed by atoms with van der Waals surface area (Å²) >= 11 is 11.7. The zero-order valence-corrected chi connectivity index (χ0v) is 15.0. The van der Waals surface area contributed by atoms with Crippen LogP contribution < -0.4 is 10.1 Å². The average molecular weight is 374 g/mol. The lowest BCUT2D eigenvalue weighted by molar-refractivity contribution is -0.150. The number of esters is 1. The number of ether oxygens (including phenoxy) is 2. The molecular formula is C17H21Cl2NO4.